The van der Waals surface area contributed by atoms with Crippen LogP contribution in [0, 0.1) is 6.92 Å². The van der Waals surface area contributed by atoms with E-state index in [0.717, 1.165) is 16.0 Å². The number of hydrogen-bond donors (Lipinski definition) is 1. The molecule has 10 heteroatoms. The second-order valence-electron chi connectivity index (χ2n) is 8.07. The van der Waals surface area contributed by atoms with Gasteiger partial charge in [0, 0.05) is 31.1 Å². The predicted molar refractivity (Wildman–Crippen MR) is 143 cm³/mol. The molecule has 2 aromatic carbocycles. The van der Waals surface area contributed by atoms with Gasteiger partial charge in [-0.15, -0.1) is 11.3 Å². The van der Waals surface area contributed by atoms with Gasteiger partial charge in [0.15, 0.2) is 5.11 Å². The molecule has 0 atom stereocenters. The molecule has 4 rings (SSSR count). The van der Waals surface area contributed by atoms with Gasteiger partial charge in [-0.2, -0.15) is 4.31 Å². The monoisotopic (exact) mass is 529 g/mol. The van der Waals surface area contributed by atoms with Crippen LogP contribution in [0.4, 0.5) is 5.00 Å². The van der Waals surface area contributed by atoms with Gasteiger partial charge < -0.3 is 15.0 Å². The Kier molecular flexibility index (Phi) is 7.85. The first-order valence-corrected chi connectivity index (χ1v) is 13.9. The van der Waals surface area contributed by atoms with Crippen LogP contribution in [0.1, 0.15) is 22.8 Å². The molecule has 0 saturated carbocycles. The summed E-state index contributed by atoms with van der Waals surface area (Å²) in [5.74, 6) is -0.412. The summed E-state index contributed by atoms with van der Waals surface area (Å²) in [6, 6.07) is 18.5. The Balaban J connectivity index is 1.46. The highest BCUT2D eigenvalue weighted by molar-refractivity contribution is 7.89. The lowest BCUT2D eigenvalue weighted by Gasteiger charge is -2.35. The lowest BCUT2D eigenvalue weighted by Crippen LogP contribution is -2.51. The lowest BCUT2D eigenvalue weighted by atomic mass is 10.1. The largest absolute Gasteiger partial charge is 0.462 e. The highest BCUT2D eigenvalue weighted by atomic mass is 32.2. The number of piperazine rings is 1. The van der Waals surface area contributed by atoms with Crippen molar-refractivity contribution in [3.8, 4) is 10.4 Å². The zero-order chi connectivity index (χ0) is 25.0. The number of rotatable bonds is 6. The molecule has 0 bridgehead atoms. The molecule has 3 aromatic rings. The highest BCUT2D eigenvalue weighted by Gasteiger charge is 2.30. The van der Waals surface area contributed by atoms with Crippen LogP contribution in [0.5, 0.6) is 0 Å². The van der Waals surface area contributed by atoms with Gasteiger partial charge >= 0.3 is 5.97 Å². The zero-order valence-corrected chi connectivity index (χ0v) is 22.0. The number of hydrogen-bond acceptors (Lipinski definition) is 6. The Labute approximate surface area is 215 Å². The van der Waals surface area contributed by atoms with Crippen molar-refractivity contribution >= 4 is 49.7 Å². The van der Waals surface area contributed by atoms with Crippen LogP contribution in [0.15, 0.2) is 65.6 Å². The first kappa shape index (κ1) is 25.3. The second kappa shape index (κ2) is 10.9. The van der Waals surface area contributed by atoms with E-state index in [1.54, 1.807) is 31.2 Å². The number of ether oxygens (including phenoxy) is 1. The highest BCUT2D eigenvalue weighted by Crippen LogP contribution is 2.36. The van der Waals surface area contributed by atoms with E-state index in [0.29, 0.717) is 46.8 Å². The third-order valence-electron chi connectivity index (χ3n) is 5.69. The number of carbonyl (C=O) groups excluding carboxylic acids is 1. The summed E-state index contributed by atoms with van der Waals surface area (Å²) in [6.45, 7) is 5.50. The van der Waals surface area contributed by atoms with E-state index < -0.39 is 16.0 Å². The molecule has 2 heterocycles. The molecule has 1 saturated heterocycles. The van der Waals surface area contributed by atoms with Crippen molar-refractivity contribution in [2.75, 3.05) is 38.1 Å². The van der Waals surface area contributed by atoms with Gasteiger partial charge in [0.25, 0.3) is 0 Å². The molecule has 1 N–H and O–H groups in total. The van der Waals surface area contributed by atoms with Crippen molar-refractivity contribution < 1.29 is 17.9 Å². The van der Waals surface area contributed by atoms with Crippen molar-refractivity contribution in [3.63, 3.8) is 0 Å². The van der Waals surface area contributed by atoms with Crippen molar-refractivity contribution in [2.24, 2.45) is 0 Å². The number of nitrogens with zero attached hydrogens (tertiary/aromatic N) is 2. The quantitative estimate of drug-likeness (QED) is 0.369. The number of anilines is 1. The molecule has 35 heavy (non-hydrogen) atoms. The average Bonchev–Trinajstić information content (AvgIpc) is 3.29. The van der Waals surface area contributed by atoms with Gasteiger partial charge in [0.1, 0.15) is 5.00 Å². The van der Waals surface area contributed by atoms with E-state index in [4.69, 9.17) is 17.0 Å². The van der Waals surface area contributed by atoms with Gasteiger partial charge in [-0.1, -0.05) is 48.0 Å². The van der Waals surface area contributed by atoms with Crippen LogP contribution < -0.4 is 5.32 Å². The number of carbonyl (C=O) groups is 1. The molecule has 0 amide bonds. The summed E-state index contributed by atoms with van der Waals surface area (Å²) in [4.78, 5) is 15.7. The molecular weight excluding hydrogens is 502 g/mol. The molecular formula is C25H27N3O4S3. The molecule has 1 aliphatic rings. The van der Waals surface area contributed by atoms with Crippen molar-refractivity contribution in [3.05, 3.63) is 71.8 Å². The molecule has 0 aliphatic carbocycles. The van der Waals surface area contributed by atoms with Gasteiger partial charge in [-0.25, -0.2) is 13.2 Å². The predicted octanol–water partition coefficient (Wildman–Crippen LogP) is 4.60. The molecule has 7 nitrogen and oxygen atoms in total. The standard InChI is InChI=1S/C25H27N3O4S3/c1-3-32-24(29)21-17-22(19-7-5-4-6-8-19)34-23(21)26-25(33)27-13-15-28(16-14-27)35(30,31)20-11-9-18(2)10-12-20/h4-12,17H,3,13-16H2,1-2H3,(H,26,33). The zero-order valence-electron chi connectivity index (χ0n) is 19.6. The van der Waals surface area contributed by atoms with Crippen molar-refractivity contribution in [1.29, 1.82) is 0 Å². The topological polar surface area (TPSA) is 79.0 Å². The maximum atomic E-state index is 13.0. The molecule has 1 aromatic heterocycles. The fourth-order valence-corrected chi connectivity index (χ4v) is 6.58. The Morgan fingerprint density at radius 2 is 1.71 bits per heavy atom. The second-order valence-corrected chi connectivity index (χ2v) is 11.5. The summed E-state index contributed by atoms with van der Waals surface area (Å²) < 4.78 is 32.7. The van der Waals surface area contributed by atoms with E-state index in [2.05, 4.69) is 5.32 Å². The van der Waals surface area contributed by atoms with E-state index in [1.807, 2.05) is 48.2 Å². The SMILES string of the molecule is CCOC(=O)c1cc(-c2ccccc2)sc1NC(=S)N1CCN(S(=O)(=O)c2ccc(C)cc2)CC1. The van der Waals surface area contributed by atoms with E-state index in [1.165, 1.54) is 15.6 Å². The minimum absolute atomic E-state index is 0.274. The summed E-state index contributed by atoms with van der Waals surface area (Å²) in [7, 11) is -3.55. The number of esters is 1. The summed E-state index contributed by atoms with van der Waals surface area (Å²) in [5, 5.41) is 4.27. The first-order chi connectivity index (χ1) is 16.8. The fourth-order valence-electron chi connectivity index (χ4n) is 3.76. The van der Waals surface area contributed by atoms with Crippen molar-refractivity contribution in [1.82, 2.24) is 9.21 Å². The Hall–Kier alpha value is -2.79. The van der Waals surface area contributed by atoms with Crippen LogP contribution in [0.3, 0.4) is 0 Å². The summed E-state index contributed by atoms with van der Waals surface area (Å²) in [5.41, 5.74) is 2.44. The number of benzene rings is 2. The van der Waals surface area contributed by atoms with Gasteiger partial charge in [-0.3, -0.25) is 0 Å². The van der Waals surface area contributed by atoms with Crippen LogP contribution in [0.25, 0.3) is 10.4 Å². The number of aryl methyl sites for hydroxylation is 1. The van der Waals surface area contributed by atoms with E-state index in [9.17, 15) is 13.2 Å². The average molecular weight is 530 g/mol. The summed E-state index contributed by atoms with van der Waals surface area (Å²) in [6.07, 6.45) is 0. The molecule has 1 aliphatic heterocycles. The summed E-state index contributed by atoms with van der Waals surface area (Å²) >= 11 is 7.06. The Morgan fingerprint density at radius 3 is 2.34 bits per heavy atom. The third-order valence-corrected chi connectivity index (χ3v) is 9.06. The van der Waals surface area contributed by atoms with E-state index >= 15 is 0 Å². The normalized spacial score (nSPS) is 14.5. The molecule has 0 unspecified atom stereocenters. The maximum Gasteiger partial charge on any atom is 0.341 e. The molecule has 0 spiro atoms. The smallest absolute Gasteiger partial charge is 0.341 e. The minimum atomic E-state index is -3.55. The van der Waals surface area contributed by atoms with Crippen LogP contribution in [-0.2, 0) is 14.8 Å². The van der Waals surface area contributed by atoms with Crippen LogP contribution >= 0.6 is 23.6 Å². The molecule has 1 fully saturated rings. The van der Waals surface area contributed by atoms with Gasteiger partial charge in [0.05, 0.1) is 17.1 Å². The lowest BCUT2D eigenvalue weighted by molar-refractivity contribution is 0.0528. The number of thiophene rings is 1. The first-order valence-electron chi connectivity index (χ1n) is 11.3. The Bertz CT molecular complexity index is 1300. The Morgan fingerprint density at radius 1 is 1.06 bits per heavy atom. The maximum absolute atomic E-state index is 13.0. The van der Waals surface area contributed by atoms with Crippen LogP contribution in [0.2, 0.25) is 0 Å². The number of sulfonamides is 1. The van der Waals surface area contributed by atoms with Crippen molar-refractivity contribution in [2.45, 2.75) is 18.7 Å². The minimum Gasteiger partial charge on any atom is -0.462 e. The molecule has 0 radical (unpaired) electrons. The fraction of sp³-hybridized carbons (Fsp3) is 0.280. The molecule has 184 valence electrons. The van der Waals surface area contributed by atoms with Gasteiger partial charge in [-0.05, 0) is 49.8 Å². The number of nitrogens with one attached hydrogen (secondary N) is 1. The van der Waals surface area contributed by atoms with E-state index in [-0.39, 0.29) is 6.61 Å². The van der Waals surface area contributed by atoms with Gasteiger partial charge in [0.2, 0.25) is 10.0 Å². The third kappa shape index (κ3) is 5.72. The number of thiocarbonyl (C=S) groups is 1. The van der Waals surface area contributed by atoms with Crippen LogP contribution in [-0.4, -0.2) is 61.5 Å².